The maximum Gasteiger partial charge on any atom is 0.187 e. The lowest BCUT2D eigenvalue weighted by Gasteiger charge is -1.95. The zero-order valence-electron chi connectivity index (χ0n) is 6.16. The van der Waals surface area contributed by atoms with Crippen molar-refractivity contribution < 1.29 is 21.5 Å². The van der Waals surface area contributed by atoms with Crippen LogP contribution in [-0.2, 0) is 0 Å². The van der Waals surface area contributed by atoms with Crippen LogP contribution < -0.4 is 21.5 Å². The highest BCUT2D eigenvalue weighted by Crippen LogP contribution is 1.86. The second kappa shape index (κ2) is 4.39. The maximum absolute atomic E-state index is 3.91. The van der Waals surface area contributed by atoms with Gasteiger partial charge in [-0.1, -0.05) is 0 Å². The summed E-state index contributed by atoms with van der Waals surface area (Å²) < 4.78 is 2.10. The second-order valence-corrected chi connectivity index (χ2v) is 2.29. The van der Waals surface area contributed by atoms with Crippen molar-refractivity contribution in [2.45, 2.75) is 19.9 Å². The van der Waals surface area contributed by atoms with Crippen LogP contribution in [-0.4, -0.2) is 4.98 Å². The van der Waals surface area contributed by atoms with E-state index in [9.17, 15) is 0 Å². The minimum absolute atomic E-state index is 0. The zero-order valence-corrected chi connectivity index (χ0v) is 7.75. The predicted molar refractivity (Wildman–Crippen MR) is 34.8 cm³/mol. The molecule has 2 nitrogen and oxygen atoms in total. The second-order valence-electron chi connectivity index (χ2n) is 2.29. The van der Waals surface area contributed by atoms with Crippen LogP contribution in [0.4, 0.5) is 0 Å². The predicted octanol–water partition coefficient (Wildman–Crippen LogP) is -2.05. The molecular formula is C7H11BrN2. The van der Waals surface area contributed by atoms with Crippen molar-refractivity contribution in [1.82, 2.24) is 4.98 Å². The molecule has 0 N–H and O–H groups in total. The van der Waals surface area contributed by atoms with E-state index in [1.165, 1.54) is 0 Å². The Balaban J connectivity index is 0.000000810. The van der Waals surface area contributed by atoms with Gasteiger partial charge in [0.05, 0.1) is 12.4 Å². The van der Waals surface area contributed by atoms with E-state index < -0.39 is 0 Å². The molecule has 0 spiro atoms. The van der Waals surface area contributed by atoms with Gasteiger partial charge in [-0.25, -0.2) is 4.57 Å². The van der Waals surface area contributed by atoms with E-state index in [4.69, 9.17) is 0 Å². The normalized spacial score (nSPS) is 9.10. The molecule has 56 valence electrons. The molecule has 0 aliphatic rings. The average Bonchev–Trinajstić information content (AvgIpc) is 1.90. The Morgan fingerprint density at radius 2 is 1.70 bits per heavy atom. The van der Waals surface area contributed by atoms with E-state index in [1.807, 2.05) is 12.4 Å². The van der Waals surface area contributed by atoms with Gasteiger partial charge in [-0.15, -0.1) is 0 Å². The molecule has 0 aliphatic heterocycles. The molecule has 0 saturated heterocycles. The first-order valence-electron chi connectivity index (χ1n) is 3.11. The Kier molecular flexibility index (Phi) is 4.19. The standard InChI is InChI=1S/C7H11N2.BrH/c1-7(2)9-5-3-8-4-6-9;/h3-7H,1-2H3;1H/q+1;/p-1. The Bertz CT molecular complexity index is 174. The van der Waals surface area contributed by atoms with Crippen LogP contribution in [0.2, 0.25) is 0 Å². The van der Waals surface area contributed by atoms with Gasteiger partial charge in [0.25, 0.3) is 0 Å². The number of aromatic nitrogens is 2. The Morgan fingerprint density at radius 1 is 1.20 bits per heavy atom. The summed E-state index contributed by atoms with van der Waals surface area (Å²) in [5.74, 6) is 0. The summed E-state index contributed by atoms with van der Waals surface area (Å²) in [7, 11) is 0. The highest BCUT2D eigenvalue weighted by molar-refractivity contribution is 4.63. The van der Waals surface area contributed by atoms with Crippen LogP contribution in [0.5, 0.6) is 0 Å². The molecule has 0 saturated carbocycles. The largest absolute Gasteiger partial charge is 1.00 e. The van der Waals surface area contributed by atoms with Gasteiger partial charge in [0.1, 0.15) is 0 Å². The molecule has 0 atom stereocenters. The first kappa shape index (κ1) is 9.56. The first-order valence-corrected chi connectivity index (χ1v) is 3.11. The fourth-order valence-corrected chi connectivity index (χ4v) is 0.675. The van der Waals surface area contributed by atoms with Gasteiger partial charge in [0, 0.05) is 0 Å². The monoisotopic (exact) mass is 202 g/mol. The summed E-state index contributed by atoms with van der Waals surface area (Å²) in [6.45, 7) is 4.28. The van der Waals surface area contributed by atoms with Crippen LogP contribution >= 0.6 is 0 Å². The lowest BCUT2D eigenvalue weighted by atomic mass is 10.4. The van der Waals surface area contributed by atoms with Gasteiger partial charge >= 0.3 is 0 Å². The van der Waals surface area contributed by atoms with Gasteiger partial charge in [0.15, 0.2) is 18.4 Å². The quantitative estimate of drug-likeness (QED) is 0.480. The molecule has 0 radical (unpaired) electrons. The highest BCUT2D eigenvalue weighted by Gasteiger charge is 2.00. The third-order valence-electron chi connectivity index (χ3n) is 1.25. The number of halogens is 1. The summed E-state index contributed by atoms with van der Waals surface area (Å²) in [5, 5.41) is 0. The molecule has 0 unspecified atom stereocenters. The SMILES string of the molecule is CC(C)[n+]1ccncc1.[Br-]. The fourth-order valence-electron chi connectivity index (χ4n) is 0.675. The van der Waals surface area contributed by atoms with Gasteiger partial charge in [-0.05, 0) is 13.8 Å². The fraction of sp³-hybridized carbons (Fsp3) is 0.429. The minimum atomic E-state index is 0. The van der Waals surface area contributed by atoms with Gasteiger partial charge < -0.3 is 17.0 Å². The summed E-state index contributed by atoms with van der Waals surface area (Å²) in [4.78, 5) is 3.91. The third-order valence-corrected chi connectivity index (χ3v) is 1.25. The summed E-state index contributed by atoms with van der Waals surface area (Å²) >= 11 is 0. The molecule has 1 heterocycles. The number of nitrogens with zero attached hydrogens (tertiary/aromatic N) is 2. The van der Waals surface area contributed by atoms with Gasteiger partial charge in [-0.2, -0.15) is 0 Å². The van der Waals surface area contributed by atoms with Crippen molar-refractivity contribution in [1.29, 1.82) is 0 Å². The maximum atomic E-state index is 3.91. The van der Waals surface area contributed by atoms with E-state index in [2.05, 4.69) is 23.4 Å². The Labute approximate surface area is 71.7 Å². The van der Waals surface area contributed by atoms with Crippen LogP contribution in [0.15, 0.2) is 24.8 Å². The molecule has 0 amide bonds. The molecule has 0 aromatic carbocycles. The van der Waals surface area contributed by atoms with Crippen LogP contribution in [0.25, 0.3) is 0 Å². The van der Waals surface area contributed by atoms with Crippen molar-refractivity contribution in [3.63, 3.8) is 0 Å². The van der Waals surface area contributed by atoms with Crippen molar-refractivity contribution in [3.05, 3.63) is 24.8 Å². The molecule has 0 aliphatic carbocycles. The van der Waals surface area contributed by atoms with E-state index >= 15 is 0 Å². The van der Waals surface area contributed by atoms with E-state index in [0.717, 1.165) is 0 Å². The minimum Gasteiger partial charge on any atom is -1.00 e. The van der Waals surface area contributed by atoms with Crippen molar-refractivity contribution >= 4 is 0 Å². The summed E-state index contributed by atoms with van der Waals surface area (Å²) in [6, 6.07) is 0.535. The summed E-state index contributed by atoms with van der Waals surface area (Å²) in [6.07, 6.45) is 7.51. The molecule has 1 aromatic heterocycles. The van der Waals surface area contributed by atoms with Gasteiger partial charge in [0.2, 0.25) is 0 Å². The highest BCUT2D eigenvalue weighted by atomic mass is 79.9. The van der Waals surface area contributed by atoms with Crippen molar-refractivity contribution in [2.75, 3.05) is 0 Å². The number of hydrogen-bond donors (Lipinski definition) is 0. The Hall–Kier alpha value is -0.440. The average molecular weight is 203 g/mol. The third kappa shape index (κ3) is 2.43. The molecule has 1 rings (SSSR count). The smallest absolute Gasteiger partial charge is 0.187 e. The molecular weight excluding hydrogens is 192 g/mol. The van der Waals surface area contributed by atoms with Crippen molar-refractivity contribution in [3.8, 4) is 0 Å². The van der Waals surface area contributed by atoms with E-state index in [0.29, 0.717) is 6.04 Å². The lowest BCUT2D eigenvalue weighted by molar-refractivity contribution is -0.716. The zero-order chi connectivity index (χ0) is 6.69. The van der Waals surface area contributed by atoms with E-state index in [1.54, 1.807) is 12.4 Å². The molecule has 3 heteroatoms. The van der Waals surface area contributed by atoms with Gasteiger partial charge in [-0.3, -0.25) is 4.98 Å². The molecule has 10 heavy (non-hydrogen) atoms. The lowest BCUT2D eigenvalue weighted by Crippen LogP contribution is -3.00. The molecule has 0 bridgehead atoms. The molecule has 1 aromatic rings. The number of hydrogen-bond acceptors (Lipinski definition) is 1. The summed E-state index contributed by atoms with van der Waals surface area (Å²) in [5.41, 5.74) is 0. The molecule has 0 fully saturated rings. The van der Waals surface area contributed by atoms with Crippen LogP contribution in [0, 0.1) is 0 Å². The van der Waals surface area contributed by atoms with E-state index in [-0.39, 0.29) is 17.0 Å². The number of rotatable bonds is 1. The van der Waals surface area contributed by atoms with Crippen molar-refractivity contribution in [2.24, 2.45) is 0 Å². The Morgan fingerprint density at radius 3 is 2.00 bits per heavy atom. The van der Waals surface area contributed by atoms with Crippen LogP contribution in [0.3, 0.4) is 0 Å². The first-order chi connectivity index (χ1) is 4.30. The topological polar surface area (TPSA) is 16.8 Å². The van der Waals surface area contributed by atoms with Crippen LogP contribution in [0.1, 0.15) is 19.9 Å².